The van der Waals surface area contributed by atoms with E-state index in [2.05, 4.69) is 18.9 Å². The first kappa shape index (κ1) is 17.3. The quantitative estimate of drug-likeness (QED) is 0.463. The molecule has 3 N–H and O–H groups in total. The lowest BCUT2D eigenvalue weighted by molar-refractivity contribution is -0.140. The lowest BCUT2D eigenvalue weighted by Crippen LogP contribution is -2.55. The lowest BCUT2D eigenvalue weighted by Gasteiger charge is -2.58. The average Bonchev–Trinajstić information content (AvgIpc) is 2.74. The van der Waals surface area contributed by atoms with Gasteiger partial charge in [0, 0.05) is 11.3 Å². The Labute approximate surface area is 149 Å². The van der Waals surface area contributed by atoms with Crippen molar-refractivity contribution in [2.24, 2.45) is 28.6 Å². The summed E-state index contributed by atoms with van der Waals surface area (Å²) >= 11 is 0. The second kappa shape index (κ2) is 5.19. The van der Waals surface area contributed by atoms with Crippen LogP contribution in [-0.4, -0.2) is 38.9 Å². The molecule has 0 radical (unpaired) electrons. The van der Waals surface area contributed by atoms with Crippen molar-refractivity contribution < 1.29 is 20.1 Å². The van der Waals surface area contributed by atoms with Crippen LogP contribution in [0.4, 0.5) is 0 Å². The Balaban J connectivity index is 1.77. The minimum atomic E-state index is -1.87. The summed E-state index contributed by atoms with van der Waals surface area (Å²) in [6, 6.07) is 0. The molecule has 4 aliphatic carbocycles. The number of aliphatic hydroxyl groups excluding tert-OH is 2. The van der Waals surface area contributed by atoms with Gasteiger partial charge in [-0.3, -0.25) is 4.79 Å². The number of hydrogen-bond donors (Lipinski definition) is 3. The fraction of sp³-hybridized carbons (Fsp3) is 0.762. The summed E-state index contributed by atoms with van der Waals surface area (Å²) in [7, 11) is 0. The molecule has 8 atom stereocenters. The maximum atomic E-state index is 12.6. The summed E-state index contributed by atoms with van der Waals surface area (Å²) in [5.41, 5.74) is -1.28. The number of terminal acetylenes is 1. The van der Waals surface area contributed by atoms with Gasteiger partial charge in [0.25, 0.3) is 0 Å². The van der Waals surface area contributed by atoms with Crippen molar-refractivity contribution >= 4 is 5.78 Å². The Morgan fingerprint density at radius 2 is 1.96 bits per heavy atom. The topological polar surface area (TPSA) is 77.8 Å². The predicted octanol–water partition coefficient (Wildman–Crippen LogP) is 1.82. The minimum Gasteiger partial charge on any atom is -0.393 e. The van der Waals surface area contributed by atoms with Crippen LogP contribution < -0.4 is 0 Å². The Hall–Kier alpha value is -1.15. The van der Waals surface area contributed by atoms with Gasteiger partial charge in [-0.05, 0) is 55.8 Å². The van der Waals surface area contributed by atoms with Gasteiger partial charge in [0.05, 0.1) is 6.10 Å². The van der Waals surface area contributed by atoms with Crippen molar-refractivity contribution in [1.82, 2.24) is 0 Å². The van der Waals surface area contributed by atoms with Crippen LogP contribution in [0.3, 0.4) is 0 Å². The molecule has 0 aromatic rings. The van der Waals surface area contributed by atoms with Gasteiger partial charge in [0.1, 0.15) is 6.10 Å². The van der Waals surface area contributed by atoms with Crippen molar-refractivity contribution in [1.29, 1.82) is 0 Å². The second-order valence-electron chi connectivity index (χ2n) is 9.20. The van der Waals surface area contributed by atoms with Crippen LogP contribution in [0.15, 0.2) is 11.6 Å². The summed E-state index contributed by atoms with van der Waals surface area (Å²) < 4.78 is 0. The fourth-order valence-corrected chi connectivity index (χ4v) is 6.79. The zero-order valence-electron chi connectivity index (χ0n) is 15.0. The number of Topliss-reactive ketones (excluding diaryl/α,β-unsaturated/α-hetero) is 1. The number of ketones is 1. The maximum absolute atomic E-state index is 12.6. The van der Waals surface area contributed by atoms with Gasteiger partial charge in [-0.15, -0.1) is 6.42 Å². The van der Waals surface area contributed by atoms with Crippen LogP contribution in [0.5, 0.6) is 0 Å². The molecule has 136 valence electrons. The molecule has 3 fully saturated rings. The molecule has 4 heteroatoms. The molecule has 25 heavy (non-hydrogen) atoms. The normalized spacial score (nSPS) is 54.8. The van der Waals surface area contributed by atoms with E-state index in [9.17, 15) is 20.1 Å². The van der Waals surface area contributed by atoms with Gasteiger partial charge in [-0.1, -0.05) is 31.4 Å². The van der Waals surface area contributed by atoms with Crippen LogP contribution >= 0.6 is 0 Å². The van der Waals surface area contributed by atoms with Crippen molar-refractivity contribution in [3.8, 4) is 12.3 Å². The van der Waals surface area contributed by atoms with Gasteiger partial charge >= 0.3 is 0 Å². The van der Waals surface area contributed by atoms with Gasteiger partial charge in [0.2, 0.25) is 5.78 Å². The van der Waals surface area contributed by atoms with Crippen molar-refractivity contribution in [3.63, 3.8) is 0 Å². The Kier molecular flexibility index (Phi) is 3.59. The van der Waals surface area contributed by atoms with E-state index in [1.807, 2.05) is 6.92 Å². The van der Waals surface area contributed by atoms with E-state index in [4.69, 9.17) is 6.42 Å². The van der Waals surface area contributed by atoms with Crippen LogP contribution in [-0.2, 0) is 4.79 Å². The molecule has 3 saturated carbocycles. The highest BCUT2D eigenvalue weighted by atomic mass is 16.3. The lowest BCUT2D eigenvalue weighted by atomic mass is 9.47. The van der Waals surface area contributed by atoms with E-state index in [-0.39, 0.29) is 23.4 Å². The Morgan fingerprint density at radius 3 is 2.64 bits per heavy atom. The first-order valence-electron chi connectivity index (χ1n) is 9.49. The third kappa shape index (κ3) is 1.92. The number of rotatable bonds is 0. The standard InChI is InChI=1S/C21H28O4/c1-4-21(25)18(24)17(23)16-14-6-5-12-11-13(22)7-9-19(12,2)15(14)8-10-20(16,21)3/h1,5,13-17,22-23,25H,6-11H2,2-3H3/t13-,14?,15?,16?,17-,19-,20-,21-/m0/s1. The van der Waals surface area contributed by atoms with E-state index in [1.165, 1.54) is 5.57 Å². The molecule has 0 aromatic carbocycles. The van der Waals surface area contributed by atoms with Gasteiger partial charge in [-0.2, -0.15) is 0 Å². The SMILES string of the molecule is C#C[C@]1(O)C(=O)[C@@H](O)C2C3CC=C4C[C@@H](O)CC[C@]4(C)C3CC[C@@]21C. The monoisotopic (exact) mass is 344 g/mol. The van der Waals surface area contributed by atoms with Crippen LogP contribution in [0.25, 0.3) is 0 Å². The minimum absolute atomic E-state index is 0.0170. The molecule has 0 bridgehead atoms. The van der Waals surface area contributed by atoms with E-state index in [0.717, 1.165) is 32.1 Å². The highest BCUT2D eigenvalue weighted by Crippen LogP contribution is 2.66. The number of aliphatic hydroxyl groups is 3. The van der Waals surface area contributed by atoms with Gasteiger partial charge in [0.15, 0.2) is 5.60 Å². The molecule has 0 spiro atoms. The predicted molar refractivity (Wildman–Crippen MR) is 93.3 cm³/mol. The number of fused-ring (bicyclic) bond motifs is 5. The van der Waals surface area contributed by atoms with Crippen LogP contribution in [0.1, 0.15) is 52.4 Å². The van der Waals surface area contributed by atoms with Crippen molar-refractivity contribution in [2.45, 2.75) is 70.2 Å². The number of carbonyl (C=O) groups is 1. The van der Waals surface area contributed by atoms with Crippen LogP contribution in [0.2, 0.25) is 0 Å². The van der Waals surface area contributed by atoms with Crippen molar-refractivity contribution in [3.05, 3.63) is 11.6 Å². The molecule has 3 unspecified atom stereocenters. The Bertz CT molecular complexity index is 690. The third-order valence-electron chi connectivity index (χ3n) is 8.33. The number of hydrogen-bond acceptors (Lipinski definition) is 4. The smallest absolute Gasteiger partial charge is 0.205 e. The maximum Gasteiger partial charge on any atom is 0.205 e. The van der Waals surface area contributed by atoms with E-state index >= 15 is 0 Å². The molecule has 0 aliphatic heterocycles. The van der Waals surface area contributed by atoms with Crippen LogP contribution in [0, 0.1) is 40.9 Å². The number of carbonyl (C=O) groups excluding carboxylic acids is 1. The molecule has 0 amide bonds. The Morgan fingerprint density at radius 1 is 1.24 bits per heavy atom. The van der Waals surface area contributed by atoms with Crippen molar-refractivity contribution in [2.75, 3.05) is 0 Å². The molecule has 4 aliphatic rings. The van der Waals surface area contributed by atoms with Gasteiger partial charge in [-0.25, -0.2) is 0 Å². The first-order chi connectivity index (χ1) is 11.7. The zero-order chi connectivity index (χ0) is 18.2. The summed E-state index contributed by atoms with van der Waals surface area (Å²) in [6.07, 6.45) is 11.1. The molecule has 0 saturated heterocycles. The molecular weight excluding hydrogens is 316 g/mol. The van der Waals surface area contributed by atoms with E-state index in [1.54, 1.807) is 0 Å². The molecule has 4 rings (SSSR count). The first-order valence-corrected chi connectivity index (χ1v) is 9.49. The highest BCUT2D eigenvalue weighted by Gasteiger charge is 2.70. The summed E-state index contributed by atoms with van der Waals surface area (Å²) in [6.45, 7) is 4.16. The van der Waals surface area contributed by atoms with Gasteiger partial charge < -0.3 is 15.3 Å². The third-order valence-corrected chi connectivity index (χ3v) is 8.33. The highest BCUT2D eigenvalue weighted by molar-refractivity contribution is 5.98. The van der Waals surface area contributed by atoms with E-state index in [0.29, 0.717) is 12.3 Å². The molecule has 0 heterocycles. The average molecular weight is 344 g/mol. The number of allylic oxidation sites excluding steroid dienone is 1. The molecule has 0 aromatic heterocycles. The summed E-state index contributed by atoms with van der Waals surface area (Å²) in [4.78, 5) is 12.6. The fourth-order valence-electron chi connectivity index (χ4n) is 6.79. The second-order valence-corrected chi connectivity index (χ2v) is 9.20. The molecule has 4 nitrogen and oxygen atoms in total. The summed E-state index contributed by atoms with van der Waals surface area (Å²) in [5.74, 6) is 1.93. The molecular formula is C21H28O4. The largest absolute Gasteiger partial charge is 0.393 e. The van der Waals surface area contributed by atoms with E-state index < -0.39 is 22.9 Å². The summed E-state index contributed by atoms with van der Waals surface area (Å²) in [5, 5.41) is 31.7. The zero-order valence-corrected chi connectivity index (χ0v) is 15.0.